The molecule has 0 saturated heterocycles. The van der Waals surface area contributed by atoms with E-state index >= 15 is 0 Å². The van der Waals surface area contributed by atoms with Gasteiger partial charge in [0, 0.05) is 12.7 Å². The summed E-state index contributed by atoms with van der Waals surface area (Å²) in [6, 6.07) is 0. The molecule has 3 nitrogen and oxygen atoms in total. The van der Waals surface area contributed by atoms with Crippen molar-refractivity contribution in [1.29, 1.82) is 0 Å². The van der Waals surface area contributed by atoms with Crippen LogP contribution in [0.2, 0.25) is 0 Å². The molecule has 0 radical (unpaired) electrons. The summed E-state index contributed by atoms with van der Waals surface area (Å²) in [7, 11) is 0. The van der Waals surface area contributed by atoms with Gasteiger partial charge in [-0.2, -0.15) is 0 Å². The van der Waals surface area contributed by atoms with Crippen molar-refractivity contribution >= 4 is 0 Å². The Hall–Kier alpha value is -0.990. The van der Waals surface area contributed by atoms with E-state index in [1.165, 1.54) is 38.4 Å². The fourth-order valence-corrected chi connectivity index (χ4v) is 2.07. The maximum atomic E-state index is 11.1. The number of hydrogen-bond acceptors (Lipinski definition) is 2. The van der Waals surface area contributed by atoms with Crippen molar-refractivity contribution in [2.75, 3.05) is 0 Å². The van der Waals surface area contributed by atoms with Gasteiger partial charge < -0.3 is 4.42 Å². The van der Waals surface area contributed by atoms with Crippen LogP contribution in [-0.4, -0.2) is 4.57 Å². The van der Waals surface area contributed by atoms with Crippen LogP contribution in [0.3, 0.4) is 0 Å². The van der Waals surface area contributed by atoms with Gasteiger partial charge >= 0.3 is 5.76 Å². The van der Waals surface area contributed by atoms with E-state index in [1.807, 2.05) is 0 Å². The molecule has 0 spiro atoms. The van der Waals surface area contributed by atoms with Gasteiger partial charge in [0.1, 0.15) is 6.26 Å². The minimum absolute atomic E-state index is 0.217. The van der Waals surface area contributed by atoms with E-state index in [9.17, 15) is 4.79 Å². The summed E-state index contributed by atoms with van der Waals surface area (Å²) in [5.74, 6) is 0.467. The summed E-state index contributed by atoms with van der Waals surface area (Å²) in [6.07, 6.45) is 9.71. The SMILES string of the molecule is O=c1occn1CC1CCCCC1. The molecule has 0 aromatic carbocycles. The van der Waals surface area contributed by atoms with Gasteiger partial charge in [-0.25, -0.2) is 4.79 Å². The molecule has 1 aromatic rings. The molecule has 72 valence electrons. The largest absolute Gasteiger partial charge is 0.418 e. The predicted molar refractivity (Wildman–Crippen MR) is 49.5 cm³/mol. The van der Waals surface area contributed by atoms with Crippen LogP contribution in [0.25, 0.3) is 0 Å². The first kappa shape index (κ1) is 8.60. The Bertz CT molecular complexity index is 307. The highest BCUT2D eigenvalue weighted by Gasteiger charge is 2.14. The molecule has 0 atom stereocenters. The number of nitrogens with zero attached hydrogens (tertiary/aromatic N) is 1. The van der Waals surface area contributed by atoms with Crippen LogP contribution in [0.4, 0.5) is 0 Å². The highest BCUT2D eigenvalue weighted by Crippen LogP contribution is 2.24. The van der Waals surface area contributed by atoms with Crippen molar-refractivity contribution < 1.29 is 4.42 Å². The second kappa shape index (κ2) is 3.81. The topological polar surface area (TPSA) is 35.1 Å². The lowest BCUT2D eigenvalue weighted by Gasteiger charge is -2.20. The van der Waals surface area contributed by atoms with Gasteiger partial charge in [-0.15, -0.1) is 0 Å². The van der Waals surface area contributed by atoms with Crippen LogP contribution in [0.5, 0.6) is 0 Å². The zero-order valence-corrected chi connectivity index (χ0v) is 7.74. The first-order chi connectivity index (χ1) is 6.36. The number of rotatable bonds is 2. The van der Waals surface area contributed by atoms with E-state index in [2.05, 4.69) is 0 Å². The van der Waals surface area contributed by atoms with Crippen LogP contribution in [0, 0.1) is 5.92 Å². The van der Waals surface area contributed by atoms with Gasteiger partial charge in [0.2, 0.25) is 0 Å². The molecule has 0 unspecified atom stereocenters. The molecule has 2 rings (SSSR count). The maximum absolute atomic E-state index is 11.1. The van der Waals surface area contributed by atoms with Gasteiger partial charge in [-0.1, -0.05) is 19.3 Å². The van der Waals surface area contributed by atoms with Crippen LogP contribution >= 0.6 is 0 Å². The summed E-state index contributed by atoms with van der Waals surface area (Å²) in [5, 5.41) is 0. The van der Waals surface area contributed by atoms with Crippen molar-refractivity contribution in [3.63, 3.8) is 0 Å². The molecular formula is C10H15NO2. The molecule has 1 heterocycles. The summed E-state index contributed by atoms with van der Waals surface area (Å²) in [5.41, 5.74) is 0. The van der Waals surface area contributed by atoms with Crippen molar-refractivity contribution in [2.24, 2.45) is 5.92 Å². The first-order valence-electron chi connectivity index (χ1n) is 5.00. The molecule has 0 aliphatic heterocycles. The normalized spacial score (nSPS) is 19.1. The highest BCUT2D eigenvalue weighted by atomic mass is 16.4. The number of hydrogen-bond donors (Lipinski definition) is 0. The van der Waals surface area contributed by atoms with E-state index < -0.39 is 0 Å². The number of oxazole rings is 1. The molecule has 1 aromatic heterocycles. The zero-order chi connectivity index (χ0) is 9.10. The standard InChI is InChI=1S/C10H15NO2/c12-10-11(6-7-13-10)8-9-4-2-1-3-5-9/h6-7,9H,1-5,8H2. The van der Waals surface area contributed by atoms with Gasteiger partial charge in [0.25, 0.3) is 0 Å². The average Bonchev–Trinajstić information content (AvgIpc) is 2.54. The molecule has 1 aliphatic carbocycles. The molecule has 0 amide bonds. The second-order valence-electron chi connectivity index (χ2n) is 3.83. The average molecular weight is 181 g/mol. The minimum Gasteiger partial charge on any atom is -0.416 e. The molecule has 3 heteroatoms. The minimum atomic E-state index is -0.217. The fourth-order valence-electron chi connectivity index (χ4n) is 2.07. The highest BCUT2D eigenvalue weighted by molar-refractivity contribution is 4.73. The Morgan fingerprint density at radius 2 is 2.15 bits per heavy atom. The van der Waals surface area contributed by atoms with Gasteiger partial charge in [-0.3, -0.25) is 4.57 Å². The Balaban J connectivity index is 1.97. The van der Waals surface area contributed by atoms with Gasteiger partial charge in [-0.05, 0) is 18.8 Å². The fraction of sp³-hybridized carbons (Fsp3) is 0.700. The van der Waals surface area contributed by atoms with E-state index in [1.54, 1.807) is 10.8 Å². The third-order valence-corrected chi connectivity index (χ3v) is 2.82. The summed E-state index contributed by atoms with van der Waals surface area (Å²) < 4.78 is 6.39. The zero-order valence-electron chi connectivity index (χ0n) is 7.74. The molecular weight excluding hydrogens is 166 g/mol. The molecule has 1 saturated carbocycles. The van der Waals surface area contributed by atoms with E-state index in [0.29, 0.717) is 5.92 Å². The van der Waals surface area contributed by atoms with Crippen molar-refractivity contribution in [3.8, 4) is 0 Å². The summed E-state index contributed by atoms with van der Waals surface area (Å²) in [6.45, 7) is 0.843. The lowest BCUT2D eigenvalue weighted by molar-refractivity contribution is 0.309. The monoisotopic (exact) mass is 181 g/mol. The third-order valence-electron chi connectivity index (χ3n) is 2.82. The van der Waals surface area contributed by atoms with Gasteiger partial charge in [0.15, 0.2) is 0 Å². The van der Waals surface area contributed by atoms with Crippen molar-refractivity contribution in [3.05, 3.63) is 23.0 Å². The van der Waals surface area contributed by atoms with Crippen molar-refractivity contribution in [2.45, 2.75) is 38.6 Å². The smallest absolute Gasteiger partial charge is 0.416 e. The van der Waals surface area contributed by atoms with E-state index in [-0.39, 0.29) is 5.76 Å². The Morgan fingerprint density at radius 3 is 2.77 bits per heavy atom. The molecule has 0 N–H and O–H groups in total. The molecule has 13 heavy (non-hydrogen) atoms. The molecule has 1 fully saturated rings. The third kappa shape index (κ3) is 2.02. The molecule has 0 bridgehead atoms. The Kier molecular flexibility index (Phi) is 2.52. The van der Waals surface area contributed by atoms with Crippen LogP contribution in [-0.2, 0) is 6.54 Å². The van der Waals surface area contributed by atoms with Crippen molar-refractivity contribution in [1.82, 2.24) is 4.57 Å². The lowest BCUT2D eigenvalue weighted by Crippen LogP contribution is -2.20. The predicted octanol–water partition coefficient (Wildman–Crippen LogP) is 2.02. The Labute approximate surface area is 77.4 Å². The van der Waals surface area contributed by atoms with Crippen LogP contribution in [0.1, 0.15) is 32.1 Å². The Morgan fingerprint density at radius 1 is 1.38 bits per heavy atom. The molecule has 1 aliphatic rings. The lowest BCUT2D eigenvalue weighted by atomic mass is 9.89. The maximum Gasteiger partial charge on any atom is 0.418 e. The first-order valence-corrected chi connectivity index (χ1v) is 5.00. The van der Waals surface area contributed by atoms with Gasteiger partial charge in [0.05, 0.1) is 0 Å². The van der Waals surface area contributed by atoms with E-state index in [4.69, 9.17) is 4.42 Å². The summed E-state index contributed by atoms with van der Waals surface area (Å²) >= 11 is 0. The van der Waals surface area contributed by atoms with Crippen LogP contribution < -0.4 is 5.76 Å². The quantitative estimate of drug-likeness (QED) is 0.699. The second-order valence-corrected chi connectivity index (χ2v) is 3.83. The summed E-state index contributed by atoms with van der Waals surface area (Å²) in [4.78, 5) is 11.1. The van der Waals surface area contributed by atoms with Crippen LogP contribution in [0.15, 0.2) is 21.7 Å². The van der Waals surface area contributed by atoms with E-state index in [0.717, 1.165) is 6.54 Å². The number of aromatic nitrogens is 1.